The summed E-state index contributed by atoms with van der Waals surface area (Å²) in [5.41, 5.74) is 1.51. The lowest BCUT2D eigenvalue weighted by atomic mass is 10.1. The van der Waals surface area contributed by atoms with Gasteiger partial charge in [-0.2, -0.15) is 0 Å². The fraction of sp³-hybridized carbons (Fsp3) is 0.550. The van der Waals surface area contributed by atoms with Gasteiger partial charge in [-0.05, 0) is 45.8 Å². The molecule has 3 rings (SSSR count). The molecule has 3 amide bonds. The maximum absolute atomic E-state index is 12.8. The lowest BCUT2D eigenvalue weighted by Crippen LogP contribution is -2.47. The van der Waals surface area contributed by atoms with Gasteiger partial charge >= 0.3 is 11.8 Å². The highest BCUT2D eigenvalue weighted by molar-refractivity contribution is 6.35. The number of nitrogens with zero attached hydrogens (tertiary/aromatic N) is 2. The average molecular weight is 372 g/mol. The molecule has 2 aliphatic heterocycles. The van der Waals surface area contributed by atoms with Crippen molar-refractivity contribution >= 4 is 23.4 Å². The number of carbonyl (C=O) groups is 3. The first-order valence-corrected chi connectivity index (χ1v) is 9.72. The molecular weight excluding hydrogens is 344 g/mol. The molecule has 0 radical (unpaired) electrons. The summed E-state index contributed by atoms with van der Waals surface area (Å²) in [4.78, 5) is 41.2. The minimum Gasteiger partial charge on any atom is -0.347 e. The van der Waals surface area contributed by atoms with Crippen molar-refractivity contribution in [1.82, 2.24) is 15.5 Å². The summed E-state index contributed by atoms with van der Waals surface area (Å²) in [5, 5.41) is 5.26. The zero-order valence-corrected chi connectivity index (χ0v) is 16.0. The number of anilines is 1. The zero-order chi connectivity index (χ0) is 19.4. The van der Waals surface area contributed by atoms with E-state index in [1.165, 1.54) is 19.3 Å². The van der Waals surface area contributed by atoms with Crippen LogP contribution in [-0.2, 0) is 14.4 Å². The second-order valence-electron chi connectivity index (χ2n) is 7.43. The first kappa shape index (κ1) is 19.4. The first-order valence-electron chi connectivity index (χ1n) is 9.72. The van der Waals surface area contributed by atoms with Crippen LogP contribution in [-0.4, -0.2) is 54.8 Å². The number of amides is 3. The minimum atomic E-state index is -0.816. The summed E-state index contributed by atoms with van der Waals surface area (Å²) in [6.07, 6.45) is 3.63. The van der Waals surface area contributed by atoms with Crippen molar-refractivity contribution in [3.63, 3.8) is 0 Å². The maximum Gasteiger partial charge on any atom is 0.310 e. The molecule has 7 heteroatoms. The molecule has 1 aromatic rings. The second-order valence-corrected chi connectivity index (χ2v) is 7.43. The van der Waals surface area contributed by atoms with Crippen LogP contribution in [0.25, 0.3) is 0 Å². The van der Waals surface area contributed by atoms with Crippen LogP contribution < -0.4 is 15.5 Å². The van der Waals surface area contributed by atoms with Crippen LogP contribution in [0.1, 0.15) is 44.7 Å². The Hall–Kier alpha value is -2.41. The third kappa shape index (κ3) is 4.30. The Kier molecular flexibility index (Phi) is 6.11. The molecule has 1 atom stereocenters. The van der Waals surface area contributed by atoms with E-state index in [0.717, 1.165) is 30.9 Å². The first-order chi connectivity index (χ1) is 13.0. The molecule has 2 aliphatic rings. The molecule has 0 bridgehead atoms. The predicted molar refractivity (Wildman–Crippen MR) is 103 cm³/mol. The van der Waals surface area contributed by atoms with Gasteiger partial charge in [0.25, 0.3) is 5.91 Å². The minimum absolute atomic E-state index is 0.0288. The summed E-state index contributed by atoms with van der Waals surface area (Å²) in [6.45, 7) is 7.10. The molecule has 1 aromatic carbocycles. The number of hydrogen-bond acceptors (Lipinski definition) is 4. The smallest absolute Gasteiger partial charge is 0.310 e. The molecule has 146 valence electrons. The Bertz CT molecular complexity index is 713. The molecule has 7 nitrogen and oxygen atoms in total. The highest BCUT2D eigenvalue weighted by Crippen LogP contribution is 2.36. The molecule has 2 heterocycles. The van der Waals surface area contributed by atoms with Crippen LogP contribution in [0.5, 0.6) is 0 Å². The van der Waals surface area contributed by atoms with Gasteiger partial charge in [0.15, 0.2) is 0 Å². The number of piperidine rings is 1. The van der Waals surface area contributed by atoms with Gasteiger partial charge in [0.2, 0.25) is 0 Å². The highest BCUT2D eigenvalue weighted by atomic mass is 16.2. The van der Waals surface area contributed by atoms with Crippen molar-refractivity contribution in [2.24, 2.45) is 0 Å². The van der Waals surface area contributed by atoms with Gasteiger partial charge in [-0.15, -0.1) is 0 Å². The van der Waals surface area contributed by atoms with E-state index in [-0.39, 0.29) is 11.9 Å². The van der Waals surface area contributed by atoms with Gasteiger partial charge in [-0.3, -0.25) is 14.4 Å². The summed E-state index contributed by atoms with van der Waals surface area (Å²) < 4.78 is 0. The molecule has 27 heavy (non-hydrogen) atoms. The van der Waals surface area contributed by atoms with E-state index in [1.54, 1.807) is 4.90 Å². The Labute approximate surface area is 160 Å². The van der Waals surface area contributed by atoms with Crippen molar-refractivity contribution in [1.29, 1.82) is 0 Å². The van der Waals surface area contributed by atoms with E-state index >= 15 is 0 Å². The maximum atomic E-state index is 12.8. The van der Waals surface area contributed by atoms with Crippen LogP contribution in [0, 0.1) is 0 Å². The summed E-state index contributed by atoms with van der Waals surface area (Å²) in [7, 11) is 0. The number of para-hydroxylation sites is 1. The summed E-state index contributed by atoms with van der Waals surface area (Å²) in [5.74, 6) is -1.67. The van der Waals surface area contributed by atoms with Crippen molar-refractivity contribution in [3.05, 3.63) is 29.8 Å². The zero-order valence-electron chi connectivity index (χ0n) is 16.0. The van der Waals surface area contributed by atoms with Gasteiger partial charge in [-0.25, -0.2) is 0 Å². The summed E-state index contributed by atoms with van der Waals surface area (Å²) >= 11 is 0. The fourth-order valence-corrected chi connectivity index (χ4v) is 3.80. The van der Waals surface area contributed by atoms with E-state index in [4.69, 9.17) is 0 Å². The van der Waals surface area contributed by atoms with Crippen molar-refractivity contribution in [2.45, 2.75) is 45.2 Å². The topological polar surface area (TPSA) is 81.8 Å². The Morgan fingerprint density at radius 3 is 2.52 bits per heavy atom. The van der Waals surface area contributed by atoms with Crippen LogP contribution in [0.4, 0.5) is 5.69 Å². The number of nitrogens with one attached hydrogen (secondary N) is 2. The number of hydrogen-bond donors (Lipinski definition) is 2. The fourth-order valence-electron chi connectivity index (χ4n) is 3.80. The Morgan fingerprint density at radius 1 is 1.11 bits per heavy atom. The normalized spacial score (nSPS) is 19.9. The number of fused-ring (bicyclic) bond motifs is 1. The lowest BCUT2D eigenvalue weighted by molar-refractivity contribution is -0.140. The van der Waals surface area contributed by atoms with Crippen LogP contribution >= 0.6 is 0 Å². The second kappa shape index (κ2) is 8.52. The predicted octanol–water partition coefficient (Wildman–Crippen LogP) is 1.20. The van der Waals surface area contributed by atoms with E-state index in [2.05, 4.69) is 15.5 Å². The average Bonchev–Trinajstić information content (AvgIpc) is 2.94. The number of benzene rings is 1. The SMILES string of the molecule is CC(C)N1C(=O)[C@@H](NC(=O)C(=O)NCCN2CCCCC2)c2ccccc21. The summed E-state index contributed by atoms with van der Waals surface area (Å²) in [6, 6.07) is 6.52. The molecule has 0 unspecified atom stereocenters. The van der Waals surface area contributed by atoms with Crippen molar-refractivity contribution in [2.75, 3.05) is 31.1 Å². The molecule has 0 aliphatic carbocycles. The van der Waals surface area contributed by atoms with Crippen molar-refractivity contribution in [3.8, 4) is 0 Å². The molecule has 1 saturated heterocycles. The third-order valence-electron chi connectivity index (χ3n) is 5.15. The largest absolute Gasteiger partial charge is 0.347 e. The number of likely N-dealkylation sites (tertiary alicyclic amines) is 1. The third-order valence-corrected chi connectivity index (χ3v) is 5.15. The van der Waals surface area contributed by atoms with Gasteiger partial charge in [0, 0.05) is 30.4 Å². The van der Waals surface area contributed by atoms with Gasteiger partial charge < -0.3 is 20.4 Å². The molecular formula is C20H28N4O3. The monoisotopic (exact) mass is 372 g/mol. The highest BCUT2D eigenvalue weighted by Gasteiger charge is 2.39. The number of carbonyl (C=O) groups excluding carboxylic acids is 3. The van der Waals surface area contributed by atoms with E-state index in [9.17, 15) is 14.4 Å². The van der Waals surface area contributed by atoms with Crippen molar-refractivity contribution < 1.29 is 14.4 Å². The van der Waals surface area contributed by atoms with Crippen LogP contribution in [0.15, 0.2) is 24.3 Å². The lowest BCUT2D eigenvalue weighted by Gasteiger charge is -2.26. The van der Waals surface area contributed by atoms with Gasteiger partial charge in [0.1, 0.15) is 6.04 Å². The molecule has 2 N–H and O–H groups in total. The van der Waals surface area contributed by atoms with Crippen LogP contribution in [0.2, 0.25) is 0 Å². The quantitative estimate of drug-likeness (QED) is 0.761. The van der Waals surface area contributed by atoms with Gasteiger partial charge in [0.05, 0.1) is 0 Å². The molecule has 0 spiro atoms. The van der Waals surface area contributed by atoms with E-state index in [1.807, 2.05) is 38.1 Å². The number of rotatable bonds is 5. The Balaban J connectivity index is 1.56. The standard InChI is InChI=1S/C20H28N4O3/c1-14(2)24-16-9-5-4-8-15(16)17(20(24)27)22-19(26)18(25)21-10-13-23-11-6-3-7-12-23/h4-5,8-9,14,17H,3,6-7,10-13H2,1-2H3,(H,21,25)(H,22,26)/t17-/m0/s1. The Morgan fingerprint density at radius 2 is 1.81 bits per heavy atom. The van der Waals surface area contributed by atoms with E-state index in [0.29, 0.717) is 6.54 Å². The molecule has 0 saturated carbocycles. The van der Waals surface area contributed by atoms with Gasteiger partial charge in [-0.1, -0.05) is 24.6 Å². The van der Waals surface area contributed by atoms with Crippen LogP contribution in [0.3, 0.4) is 0 Å². The molecule has 1 fully saturated rings. The molecule has 0 aromatic heterocycles. The van der Waals surface area contributed by atoms with E-state index < -0.39 is 17.9 Å².